The average Bonchev–Trinajstić information content (AvgIpc) is 3.02. The molecule has 2 heterocycles. The molecule has 0 unspecified atom stereocenters. The lowest BCUT2D eigenvalue weighted by molar-refractivity contribution is -0.114. The first-order chi connectivity index (χ1) is 11.3. The summed E-state index contributed by atoms with van der Waals surface area (Å²) in [5.41, 5.74) is 7.92. The fourth-order valence-electron chi connectivity index (χ4n) is 3.05. The van der Waals surface area contributed by atoms with E-state index in [0.717, 1.165) is 16.7 Å². The number of amides is 2. The van der Waals surface area contributed by atoms with Gasteiger partial charge in [0, 0.05) is 22.1 Å². The second-order valence-electron chi connectivity index (χ2n) is 6.48. The van der Waals surface area contributed by atoms with Crippen molar-refractivity contribution in [3.05, 3.63) is 45.2 Å². The second-order valence-corrected chi connectivity index (χ2v) is 8.31. The van der Waals surface area contributed by atoms with Gasteiger partial charge < -0.3 is 16.0 Å². The Labute approximate surface area is 153 Å². The molecule has 24 heavy (non-hydrogen) atoms. The Morgan fingerprint density at radius 2 is 2.12 bits per heavy atom. The van der Waals surface area contributed by atoms with Crippen LogP contribution in [0.2, 0.25) is 0 Å². The SMILES string of the molecule is CC1(C)CN(CC(=O)Nc2sccc2C(N)=O)c2ccc(Br)cc21. The second kappa shape index (κ2) is 6.22. The molecule has 126 valence electrons. The molecule has 7 heteroatoms. The fraction of sp³-hybridized carbons (Fsp3) is 0.294. The van der Waals surface area contributed by atoms with Crippen molar-refractivity contribution in [3.63, 3.8) is 0 Å². The van der Waals surface area contributed by atoms with Gasteiger partial charge in [-0.05, 0) is 35.2 Å². The molecule has 0 atom stereocenters. The third-order valence-corrected chi connectivity index (χ3v) is 5.46. The Morgan fingerprint density at radius 1 is 1.38 bits per heavy atom. The Balaban J connectivity index is 1.77. The number of hydrogen-bond donors (Lipinski definition) is 2. The summed E-state index contributed by atoms with van der Waals surface area (Å²) < 4.78 is 1.03. The zero-order chi connectivity index (χ0) is 17.5. The highest BCUT2D eigenvalue weighted by molar-refractivity contribution is 9.10. The molecule has 2 amide bonds. The van der Waals surface area contributed by atoms with Crippen LogP contribution in [-0.4, -0.2) is 24.9 Å². The zero-order valence-electron chi connectivity index (χ0n) is 13.4. The van der Waals surface area contributed by atoms with Crippen LogP contribution in [0.5, 0.6) is 0 Å². The number of benzene rings is 1. The van der Waals surface area contributed by atoms with Crippen LogP contribution in [0.1, 0.15) is 29.8 Å². The summed E-state index contributed by atoms with van der Waals surface area (Å²) in [6.45, 7) is 5.33. The molecule has 2 aromatic rings. The number of hydrogen-bond acceptors (Lipinski definition) is 4. The maximum Gasteiger partial charge on any atom is 0.251 e. The summed E-state index contributed by atoms with van der Waals surface area (Å²) >= 11 is 4.80. The highest BCUT2D eigenvalue weighted by Crippen LogP contribution is 2.41. The Kier molecular flexibility index (Phi) is 4.40. The first kappa shape index (κ1) is 17.0. The van der Waals surface area contributed by atoms with Crippen LogP contribution in [0.3, 0.4) is 0 Å². The van der Waals surface area contributed by atoms with E-state index in [9.17, 15) is 9.59 Å². The highest BCUT2D eigenvalue weighted by Gasteiger charge is 2.35. The number of rotatable bonds is 4. The lowest BCUT2D eigenvalue weighted by Gasteiger charge is -2.21. The first-order valence-corrected chi connectivity index (χ1v) is 9.17. The predicted molar refractivity (Wildman–Crippen MR) is 101 cm³/mol. The molecule has 3 N–H and O–H groups in total. The number of primary amides is 1. The molecule has 0 spiro atoms. The number of anilines is 2. The zero-order valence-corrected chi connectivity index (χ0v) is 15.8. The number of carbonyl (C=O) groups excluding carboxylic acids is 2. The molecule has 0 bridgehead atoms. The van der Waals surface area contributed by atoms with Crippen molar-refractivity contribution < 1.29 is 9.59 Å². The maximum atomic E-state index is 12.4. The van der Waals surface area contributed by atoms with E-state index in [1.165, 1.54) is 16.9 Å². The van der Waals surface area contributed by atoms with Crippen molar-refractivity contribution in [2.75, 3.05) is 23.3 Å². The topological polar surface area (TPSA) is 75.4 Å². The van der Waals surface area contributed by atoms with Crippen molar-refractivity contribution in [3.8, 4) is 0 Å². The van der Waals surface area contributed by atoms with Crippen LogP contribution in [0, 0.1) is 0 Å². The van der Waals surface area contributed by atoms with Crippen molar-refractivity contribution in [2.45, 2.75) is 19.3 Å². The fourth-order valence-corrected chi connectivity index (χ4v) is 4.22. The van der Waals surface area contributed by atoms with Gasteiger partial charge in [-0.3, -0.25) is 9.59 Å². The van der Waals surface area contributed by atoms with E-state index in [2.05, 4.69) is 46.1 Å². The molecule has 0 saturated heterocycles. The third kappa shape index (κ3) is 3.18. The lowest BCUT2D eigenvalue weighted by Crippen LogP contribution is -2.35. The van der Waals surface area contributed by atoms with E-state index < -0.39 is 5.91 Å². The number of fused-ring (bicyclic) bond motifs is 1. The molecule has 1 aromatic carbocycles. The van der Waals surface area contributed by atoms with E-state index in [1.807, 2.05) is 12.1 Å². The first-order valence-electron chi connectivity index (χ1n) is 7.50. The van der Waals surface area contributed by atoms with Crippen LogP contribution in [0.4, 0.5) is 10.7 Å². The minimum Gasteiger partial charge on any atom is -0.366 e. The van der Waals surface area contributed by atoms with Gasteiger partial charge >= 0.3 is 0 Å². The smallest absolute Gasteiger partial charge is 0.251 e. The third-order valence-electron chi connectivity index (χ3n) is 4.13. The summed E-state index contributed by atoms with van der Waals surface area (Å²) in [4.78, 5) is 25.8. The highest BCUT2D eigenvalue weighted by atomic mass is 79.9. The summed E-state index contributed by atoms with van der Waals surface area (Å²) in [7, 11) is 0. The maximum absolute atomic E-state index is 12.4. The van der Waals surface area contributed by atoms with E-state index in [0.29, 0.717) is 10.6 Å². The number of halogens is 1. The van der Waals surface area contributed by atoms with Gasteiger partial charge in [0.25, 0.3) is 5.91 Å². The molecule has 0 fully saturated rings. The van der Waals surface area contributed by atoms with Gasteiger partial charge in [0.1, 0.15) is 5.00 Å². The monoisotopic (exact) mass is 407 g/mol. The number of nitrogens with zero attached hydrogens (tertiary/aromatic N) is 1. The van der Waals surface area contributed by atoms with Crippen molar-refractivity contribution >= 4 is 49.8 Å². The van der Waals surface area contributed by atoms with Crippen LogP contribution in [-0.2, 0) is 10.2 Å². The minimum atomic E-state index is -0.538. The van der Waals surface area contributed by atoms with E-state index in [4.69, 9.17) is 5.73 Å². The number of nitrogens with two attached hydrogens (primary N) is 1. The van der Waals surface area contributed by atoms with Gasteiger partial charge in [-0.1, -0.05) is 29.8 Å². The van der Waals surface area contributed by atoms with Crippen molar-refractivity contribution in [1.82, 2.24) is 0 Å². The molecular weight excluding hydrogens is 390 g/mol. The van der Waals surface area contributed by atoms with Gasteiger partial charge in [-0.2, -0.15) is 0 Å². The molecule has 0 radical (unpaired) electrons. The molecule has 5 nitrogen and oxygen atoms in total. The van der Waals surface area contributed by atoms with Gasteiger partial charge in [-0.15, -0.1) is 11.3 Å². The van der Waals surface area contributed by atoms with Crippen LogP contribution < -0.4 is 16.0 Å². The van der Waals surface area contributed by atoms with Crippen LogP contribution in [0.25, 0.3) is 0 Å². The van der Waals surface area contributed by atoms with Crippen LogP contribution >= 0.6 is 27.3 Å². The molecule has 0 aliphatic carbocycles. The van der Waals surface area contributed by atoms with Gasteiger partial charge in [-0.25, -0.2) is 0 Å². The summed E-state index contributed by atoms with van der Waals surface area (Å²) in [6, 6.07) is 7.74. The lowest BCUT2D eigenvalue weighted by atomic mass is 9.87. The molecule has 1 aliphatic heterocycles. The Morgan fingerprint density at radius 3 is 2.83 bits per heavy atom. The number of nitrogens with one attached hydrogen (secondary N) is 1. The molecule has 0 saturated carbocycles. The largest absolute Gasteiger partial charge is 0.366 e. The van der Waals surface area contributed by atoms with Crippen molar-refractivity contribution in [2.24, 2.45) is 5.73 Å². The molecular formula is C17H18BrN3O2S. The van der Waals surface area contributed by atoms with E-state index in [-0.39, 0.29) is 17.9 Å². The quantitative estimate of drug-likeness (QED) is 0.815. The number of carbonyl (C=O) groups is 2. The van der Waals surface area contributed by atoms with Gasteiger partial charge in [0.2, 0.25) is 5.91 Å². The summed E-state index contributed by atoms with van der Waals surface area (Å²) in [5, 5.41) is 5.04. The molecule has 1 aromatic heterocycles. The van der Waals surface area contributed by atoms with Crippen molar-refractivity contribution in [1.29, 1.82) is 0 Å². The van der Waals surface area contributed by atoms with Gasteiger partial charge in [0.15, 0.2) is 0 Å². The van der Waals surface area contributed by atoms with E-state index >= 15 is 0 Å². The average molecular weight is 408 g/mol. The normalized spacial score (nSPS) is 15.2. The number of thiophene rings is 1. The summed E-state index contributed by atoms with van der Waals surface area (Å²) in [5.74, 6) is -0.699. The van der Waals surface area contributed by atoms with Crippen LogP contribution in [0.15, 0.2) is 34.1 Å². The molecule has 1 aliphatic rings. The summed E-state index contributed by atoms with van der Waals surface area (Å²) in [6.07, 6.45) is 0. The standard InChI is InChI=1S/C17H18BrN3O2S/c1-17(2)9-21(13-4-3-10(18)7-12(13)17)8-14(22)20-16-11(15(19)23)5-6-24-16/h3-7H,8-9H2,1-2H3,(H2,19,23)(H,20,22). The Bertz CT molecular complexity index is 816. The van der Waals surface area contributed by atoms with E-state index in [1.54, 1.807) is 11.4 Å². The predicted octanol–water partition coefficient (Wildman–Crippen LogP) is 3.35. The molecule has 3 rings (SSSR count). The van der Waals surface area contributed by atoms with Gasteiger partial charge in [0.05, 0.1) is 12.1 Å². The minimum absolute atomic E-state index is 0.0271. The Hall–Kier alpha value is -1.86.